The van der Waals surface area contributed by atoms with Gasteiger partial charge in [-0.1, -0.05) is 72.3 Å². The maximum atomic E-state index is 4.36. The summed E-state index contributed by atoms with van der Waals surface area (Å²) in [6.07, 6.45) is 15.4. The molecule has 0 bridgehead atoms. The van der Waals surface area contributed by atoms with Crippen molar-refractivity contribution in [1.29, 1.82) is 0 Å². The fourth-order valence-electron chi connectivity index (χ4n) is 3.20. The van der Waals surface area contributed by atoms with E-state index in [0.717, 1.165) is 12.8 Å². The van der Waals surface area contributed by atoms with Gasteiger partial charge in [0.25, 0.3) is 0 Å². The maximum absolute atomic E-state index is 4.36. The highest BCUT2D eigenvalue weighted by atomic mass is 14.2. The van der Waals surface area contributed by atoms with Crippen LogP contribution in [0, 0.1) is 12.8 Å². The maximum Gasteiger partial charge on any atom is 0.139 e. The Bertz CT molecular complexity index is 699. The first-order valence-corrected chi connectivity index (χ1v) is 7.65. The van der Waals surface area contributed by atoms with E-state index >= 15 is 0 Å². The molecule has 21 heavy (non-hydrogen) atoms. The topological polar surface area (TPSA) is 0 Å². The predicted molar refractivity (Wildman–Crippen MR) is 94.8 cm³/mol. The first kappa shape index (κ1) is 13.9. The summed E-state index contributed by atoms with van der Waals surface area (Å²) in [5.41, 5.74) is 8.03. The van der Waals surface area contributed by atoms with Crippen LogP contribution in [0.15, 0.2) is 78.0 Å². The van der Waals surface area contributed by atoms with Crippen LogP contribution in [-0.2, 0) is 6.42 Å². The molecule has 2 aliphatic rings. The standard InChI is InChI=1S/C20H21B/c1-14-10-11-17(20(21)12-14)13-15(2)18-9-5-7-16-6-3-4-8-19(16)18/h3-6,8-12,16H,2,7,13,21H2,1H3. The average Bonchev–Trinajstić information content (AvgIpc) is 2.49. The first-order chi connectivity index (χ1) is 10.1. The molecule has 3 rings (SSSR count). The number of fused-ring (bicyclic) bond motifs is 1. The smallest absolute Gasteiger partial charge is 0.0949 e. The quantitative estimate of drug-likeness (QED) is 0.740. The first-order valence-electron chi connectivity index (χ1n) is 7.65. The zero-order valence-electron chi connectivity index (χ0n) is 12.9. The lowest BCUT2D eigenvalue weighted by molar-refractivity contribution is 0.769. The average molecular weight is 272 g/mol. The van der Waals surface area contributed by atoms with Crippen LogP contribution < -0.4 is 5.46 Å². The summed E-state index contributed by atoms with van der Waals surface area (Å²) in [6, 6.07) is 6.68. The van der Waals surface area contributed by atoms with E-state index in [4.69, 9.17) is 0 Å². The van der Waals surface area contributed by atoms with E-state index in [0.29, 0.717) is 5.92 Å². The molecule has 1 aromatic carbocycles. The molecule has 0 aliphatic heterocycles. The summed E-state index contributed by atoms with van der Waals surface area (Å²) < 4.78 is 0. The van der Waals surface area contributed by atoms with E-state index in [1.165, 1.54) is 33.3 Å². The van der Waals surface area contributed by atoms with Crippen molar-refractivity contribution in [3.8, 4) is 0 Å². The van der Waals surface area contributed by atoms with Crippen molar-refractivity contribution in [2.24, 2.45) is 5.92 Å². The fraction of sp³-hybridized carbons (Fsp3) is 0.200. The Hall–Kier alpha value is -2.02. The van der Waals surface area contributed by atoms with Crippen molar-refractivity contribution in [3.63, 3.8) is 0 Å². The summed E-state index contributed by atoms with van der Waals surface area (Å²) in [5.74, 6) is 0.533. The van der Waals surface area contributed by atoms with Gasteiger partial charge in [0, 0.05) is 5.92 Å². The van der Waals surface area contributed by atoms with Crippen LogP contribution in [0.3, 0.4) is 0 Å². The predicted octanol–water partition coefficient (Wildman–Crippen LogP) is 3.35. The Balaban J connectivity index is 1.88. The minimum Gasteiger partial charge on any atom is -0.0949 e. The van der Waals surface area contributed by atoms with E-state index in [2.05, 4.69) is 76.0 Å². The number of hydrogen-bond donors (Lipinski definition) is 0. The largest absolute Gasteiger partial charge is 0.139 e. The van der Waals surface area contributed by atoms with Gasteiger partial charge in [0.15, 0.2) is 0 Å². The molecular weight excluding hydrogens is 251 g/mol. The van der Waals surface area contributed by atoms with Crippen LogP contribution in [0.2, 0.25) is 0 Å². The molecule has 1 unspecified atom stereocenters. The fourth-order valence-corrected chi connectivity index (χ4v) is 3.20. The molecular formula is C20H21B. The number of benzene rings is 1. The van der Waals surface area contributed by atoms with E-state index in [1.807, 2.05) is 0 Å². The Morgan fingerprint density at radius 1 is 1.29 bits per heavy atom. The Morgan fingerprint density at radius 3 is 2.95 bits per heavy atom. The van der Waals surface area contributed by atoms with Gasteiger partial charge in [-0.05, 0) is 42.0 Å². The zero-order valence-corrected chi connectivity index (χ0v) is 12.9. The number of aryl methyl sites for hydroxylation is 1. The zero-order chi connectivity index (χ0) is 14.8. The van der Waals surface area contributed by atoms with Crippen LogP contribution in [0.5, 0.6) is 0 Å². The SMILES string of the molecule is Bc1cc(C)ccc1CC(=C)C1=C2C=CC=CC2CC=C1. The lowest BCUT2D eigenvalue weighted by Crippen LogP contribution is -2.13. The summed E-state index contributed by atoms with van der Waals surface area (Å²) in [7, 11) is 2.19. The highest BCUT2D eigenvalue weighted by molar-refractivity contribution is 6.33. The lowest BCUT2D eigenvalue weighted by Gasteiger charge is -2.24. The molecule has 0 nitrogen and oxygen atoms in total. The van der Waals surface area contributed by atoms with Gasteiger partial charge in [-0.25, -0.2) is 0 Å². The molecule has 1 aromatic rings. The molecule has 2 aliphatic carbocycles. The summed E-state index contributed by atoms with van der Waals surface area (Å²) in [5, 5.41) is 0. The van der Waals surface area contributed by atoms with Gasteiger partial charge in [-0.15, -0.1) is 0 Å². The molecule has 0 saturated carbocycles. The van der Waals surface area contributed by atoms with Crippen molar-refractivity contribution in [1.82, 2.24) is 0 Å². The molecule has 0 amide bonds. The van der Waals surface area contributed by atoms with Crippen LogP contribution in [0.4, 0.5) is 0 Å². The van der Waals surface area contributed by atoms with Gasteiger partial charge < -0.3 is 0 Å². The molecule has 104 valence electrons. The van der Waals surface area contributed by atoms with Gasteiger partial charge in [-0.2, -0.15) is 0 Å². The second kappa shape index (κ2) is 5.77. The summed E-state index contributed by atoms with van der Waals surface area (Å²) in [6.45, 7) is 6.50. The van der Waals surface area contributed by atoms with Crippen molar-refractivity contribution in [3.05, 3.63) is 89.1 Å². The molecule has 0 fully saturated rings. The molecule has 0 heterocycles. The van der Waals surface area contributed by atoms with Gasteiger partial charge in [0.05, 0.1) is 0 Å². The van der Waals surface area contributed by atoms with E-state index < -0.39 is 0 Å². The Morgan fingerprint density at radius 2 is 2.14 bits per heavy atom. The van der Waals surface area contributed by atoms with Crippen molar-refractivity contribution < 1.29 is 0 Å². The van der Waals surface area contributed by atoms with Crippen molar-refractivity contribution in [2.75, 3.05) is 0 Å². The number of allylic oxidation sites excluding steroid dienone is 9. The van der Waals surface area contributed by atoms with Crippen molar-refractivity contribution >= 4 is 13.3 Å². The minimum absolute atomic E-state index is 0.533. The highest BCUT2D eigenvalue weighted by Crippen LogP contribution is 2.33. The van der Waals surface area contributed by atoms with Crippen LogP contribution in [0.25, 0.3) is 0 Å². The number of rotatable bonds is 3. The highest BCUT2D eigenvalue weighted by Gasteiger charge is 2.18. The van der Waals surface area contributed by atoms with Gasteiger partial charge in [0.2, 0.25) is 0 Å². The van der Waals surface area contributed by atoms with E-state index in [-0.39, 0.29) is 0 Å². The molecule has 0 saturated heterocycles. The molecule has 0 N–H and O–H groups in total. The van der Waals surface area contributed by atoms with Crippen molar-refractivity contribution in [2.45, 2.75) is 19.8 Å². The Labute approximate surface area is 128 Å². The van der Waals surface area contributed by atoms with Gasteiger partial charge in [0.1, 0.15) is 7.85 Å². The summed E-state index contributed by atoms with van der Waals surface area (Å²) in [4.78, 5) is 0. The monoisotopic (exact) mass is 272 g/mol. The third-order valence-electron chi connectivity index (χ3n) is 4.40. The molecule has 1 atom stereocenters. The molecule has 0 aromatic heterocycles. The second-order valence-electron chi connectivity index (χ2n) is 6.07. The third-order valence-corrected chi connectivity index (χ3v) is 4.40. The van der Waals surface area contributed by atoms with Crippen LogP contribution in [-0.4, -0.2) is 7.85 Å². The lowest BCUT2D eigenvalue weighted by atomic mass is 9.79. The van der Waals surface area contributed by atoms with Gasteiger partial charge >= 0.3 is 0 Å². The van der Waals surface area contributed by atoms with Crippen LogP contribution in [0.1, 0.15) is 17.5 Å². The van der Waals surface area contributed by atoms with Crippen LogP contribution >= 0.6 is 0 Å². The van der Waals surface area contributed by atoms with Gasteiger partial charge in [-0.3, -0.25) is 0 Å². The molecule has 0 spiro atoms. The normalized spacial score (nSPS) is 19.8. The minimum atomic E-state index is 0.533. The second-order valence-corrected chi connectivity index (χ2v) is 6.07. The van der Waals surface area contributed by atoms with E-state index in [9.17, 15) is 0 Å². The number of hydrogen-bond acceptors (Lipinski definition) is 0. The molecule has 1 heteroatoms. The third kappa shape index (κ3) is 2.87. The molecule has 0 radical (unpaired) electrons. The summed E-state index contributed by atoms with van der Waals surface area (Å²) >= 11 is 0. The Kier molecular flexibility index (Phi) is 3.83. The van der Waals surface area contributed by atoms with E-state index in [1.54, 1.807) is 0 Å².